The molecular formula is C19H27F3O2. The van der Waals surface area contributed by atoms with E-state index in [2.05, 4.69) is 13.0 Å². The van der Waals surface area contributed by atoms with Gasteiger partial charge in [-0.05, 0) is 56.8 Å². The monoisotopic (exact) mass is 344 g/mol. The average Bonchev–Trinajstić information content (AvgIpc) is 3.12. The summed E-state index contributed by atoms with van der Waals surface area (Å²) in [5.74, 6) is 0.241. The van der Waals surface area contributed by atoms with E-state index in [0.717, 1.165) is 45.4 Å². The molecule has 2 N–H and O–H groups in total. The van der Waals surface area contributed by atoms with E-state index in [1.165, 1.54) is 11.6 Å². The first-order chi connectivity index (χ1) is 11.0. The number of allylic oxidation sites excluding steroid dienone is 3. The van der Waals surface area contributed by atoms with Gasteiger partial charge in [-0.2, -0.15) is 13.2 Å². The molecule has 3 rings (SSSR count). The van der Waals surface area contributed by atoms with Gasteiger partial charge in [0.2, 0.25) is 0 Å². The van der Waals surface area contributed by atoms with Crippen molar-refractivity contribution >= 4 is 0 Å². The van der Waals surface area contributed by atoms with Crippen LogP contribution in [0.4, 0.5) is 13.2 Å². The summed E-state index contributed by atoms with van der Waals surface area (Å²) >= 11 is 0. The number of hydrogen-bond donors (Lipinski definition) is 2. The van der Waals surface area contributed by atoms with Crippen LogP contribution in [-0.4, -0.2) is 28.1 Å². The molecule has 136 valence electrons. The lowest BCUT2D eigenvalue weighted by Gasteiger charge is -2.44. The summed E-state index contributed by atoms with van der Waals surface area (Å²) in [7, 11) is 0. The van der Waals surface area contributed by atoms with Crippen LogP contribution in [0.2, 0.25) is 0 Å². The summed E-state index contributed by atoms with van der Waals surface area (Å²) in [4.78, 5) is 0. The second kappa shape index (κ2) is 5.60. The molecule has 2 nitrogen and oxygen atoms in total. The summed E-state index contributed by atoms with van der Waals surface area (Å²) < 4.78 is 38.3. The van der Waals surface area contributed by atoms with Crippen LogP contribution in [0, 0.1) is 16.7 Å². The maximum absolute atomic E-state index is 12.8. The van der Waals surface area contributed by atoms with E-state index in [4.69, 9.17) is 0 Å². The quantitative estimate of drug-likeness (QED) is 0.736. The molecule has 0 aromatic heterocycles. The molecule has 3 aliphatic carbocycles. The largest absolute Gasteiger partial charge is 0.417 e. The zero-order valence-corrected chi connectivity index (χ0v) is 14.4. The Morgan fingerprint density at radius 3 is 2.54 bits per heavy atom. The average molecular weight is 344 g/mol. The second-order valence-corrected chi connectivity index (χ2v) is 8.37. The molecule has 0 heterocycles. The number of rotatable bonds is 4. The van der Waals surface area contributed by atoms with E-state index >= 15 is 0 Å². The fraction of sp³-hybridized carbons (Fsp3) is 0.789. The molecule has 0 amide bonds. The highest BCUT2D eigenvalue weighted by Gasteiger charge is 2.56. The highest BCUT2D eigenvalue weighted by atomic mass is 19.4. The highest BCUT2D eigenvalue weighted by Crippen LogP contribution is 2.65. The summed E-state index contributed by atoms with van der Waals surface area (Å²) in [6.45, 7) is 3.03. The minimum atomic E-state index is -4.62. The van der Waals surface area contributed by atoms with Gasteiger partial charge in [0.25, 0.3) is 0 Å². The third-order valence-corrected chi connectivity index (χ3v) is 6.56. The molecule has 0 spiro atoms. The topological polar surface area (TPSA) is 40.5 Å². The molecule has 1 unspecified atom stereocenters. The van der Waals surface area contributed by atoms with Crippen LogP contribution in [0.1, 0.15) is 58.8 Å². The third kappa shape index (κ3) is 2.84. The van der Waals surface area contributed by atoms with Gasteiger partial charge in [-0.25, -0.2) is 0 Å². The fourth-order valence-electron chi connectivity index (χ4n) is 4.78. The van der Waals surface area contributed by atoms with Gasteiger partial charge in [-0.15, -0.1) is 0 Å². The van der Waals surface area contributed by atoms with Crippen LogP contribution in [0.5, 0.6) is 0 Å². The maximum Gasteiger partial charge on any atom is 0.417 e. The molecule has 0 radical (unpaired) electrons. The molecule has 0 saturated heterocycles. The van der Waals surface area contributed by atoms with Gasteiger partial charge in [-0.3, -0.25) is 0 Å². The molecule has 0 aliphatic heterocycles. The van der Waals surface area contributed by atoms with Crippen LogP contribution in [0.3, 0.4) is 0 Å². The number of alkyl halides is 3. The number of aliphatic hydroxyl groups is 2. The molecule has 5 heteroatoms. The minimum absolute atomic E-state index is 0.0367. The molecular weight excluding hydrogens is 317 g/mol. The molecule has 0 bridgehead atoms. The Bertz CT molecular complexity index is 557. The van der Waals surface area contributed by atoms with Crippen LogP contribution >= 0.6 is 0 Å². The Morgan fingerprint density at radius 1 is 1.29 bits per heavy atom. The zero-order valence-electron chi connectivity index (χ0n) is 14.4. The van der Waals surface area contributed by atoms with Gasteiger partial charge in [0, 0.05) is 11.8 Å². The van der Waals surface area contributed by atoms with Crippen LogP contribution in [0.15, 0.2) is 23.8 Å². The van der Waals surface area contributed by atoms with Crippen molar-refractivity contribution in [1.82, 2.24) is 0 Å². The van der Waals surface area contributed by atoms with Crippen molar-refractivity contribution in [2.45, 2.75) is 76.7 Å². The number of halogens is 3. The Kier molecular flexibility index (Phi) is 4.20. The second-order valence-electron chi connectivity index (χ2n) is 8.37. The lowest BCUT2D eigenvalue weighted by molar-refractivity contribution is -0.251. The van der Waals surface area contributed by atoms with Crippen LogP contribution in [0.25, 0.3) is 0 Å². The van der Waals surface area contributed by atoms with Crippen molar-refractivity contribution in [3.63, 3.8) is 0 Å². The first-order valence-electron chi connectivity index (χ1n) is 8.88. The Labute approximate surface area is 141 Å². The summed E-state index contributed by atoms with van der Waals surface area (Å²) in [5, 5.41) is 19.9. The van der Waals surface area contributed by atoms with Gasteiger partial charge in [0.15, 0.2) is 5.60 Å². The SMILES string of the molecule is CC(O)(C/C=C\C1(C2=CC[C@H]3[C@@H](O)CCC[C@]23C)CC1)C(F)(F)F. The van der Waals surface area contributed by atoms with Gasteiger partial charge in [0.05, 0.1) is 6.10 Å². The summed E-state index contributed by atoms with van der Waals surface area (Å²) in [5.41, 5.74) is -1.56. The number of hydrogen-bond acceptors (Lipinski definition) is 2. The number of fused-ring (bicyclic) bond motifs is 1. The number of aliphatic hydroxyl groups excluding tert-OH is 1. The minimum Gasteiger partial charge on any atom is -0.393 e. The predicted octanol–water partition coefficient (Wildman–Crippen LogP) is 4.52. The van der Waals surface area contributed by atoms with Crippen molar-refractivity contribution in [2.75, 3.05) is 0 Å². The van der Waals surface area contributed by atoms with Crippen molar-refractivity contribution in [2.24, 2.45) is 16.7 Å². The van der Waals surface area contributed by atoms with E-state index in [1.807, 2.05) is 6.08 Å². The highest BCUT2D eigenvalue weighted by molar-refractivity contribution is 5.39. The van der Waals surface area contributed by atoms with E-state index in [0.29, 0.717) is 0 Å². The maximum atomic E-state index is 12.8. The molecule has 0 aromatic rings. The first kappa shape index (κ1) is 18.0. The van der Waals surface area contributed by atoms with Crippen molar-refractivity contribution < 1.29 is 23.4 Å². The van der Waals surface area contributed by atoms with Gasteiger partial charge in [-0.1, -0.05) is 30.7 Å². The standard InChI is InChI=1S/C19H27F3O2/c1-16-8-3-5-14(23)13(16)6-7-15(16)18(11-12-18)10-4-9-17(2,24)19(20,21)22/h4,7,10,13-14,23-24H,3,5-6,8-9,11-12H2,1-2H3/b10-4-/t13-,14-,16-,17?/m0/s1. The molecule has 24 heavy (non-hydrogen) atoms. The van der Waals surface area contributed by atoms with Crippen LogP contribution < -0.4 is 0 Å². The fourth-order valence-corrected chi connectivity index (χ4v) is 4.78. The Balaban J connectivity index is 1.74. The smallest absolute Gasteiger partial charge is 0.393 e. The van der Waals surface area contributed by atoms with Gasteiger partial charge < -0.3 is 10.2 Å². The molecule has 2 fully saturated rings. The third-order valence-electron chi connectivity index (χ3n) is 6.56. The predicted molar refractivity (Wildman–Crippen MR) is 86.3 cm³/mol. The van der Waals surface area contributed by atoms with E-state index in [1.54, 1.807) is 0 Å². The van der Waals surface area contributed by atoms with Crippen LogP contribution in [-0.2, 0) is 0 Å². The van der Waals surface area contributed by atoms with Crippen molar-refractivity contribution in [3.05, 3.63) is 23.8 Å². The summed E-state index contributed by atoms with van der Waals surface area (Å²) in [6.07, 6.45) is 5.92. The van der Waals surface area contributed by atoms with Crippen molar-refractivity contribution in [1.29, 1.82) is 0 Å². The summed E-state index contributed by atoms with van der Waals surface area (Å²) in [6, 6.07) is 0. The molecule has 3 aliphatic rings. The van der Waals surface area contributed by atoms with Gasteiger partial charge in [0.1, 0.15) is 0 Å². The Hall–Kier alpha value is -0.810. The molecule has 0 aromatic carbocycles. The Morgan fingerprint density at radius 2 is 1.96 bits per heavy atom. The molecule has 2 saturated carbocycles. The van der Waals surface area contributed by atoms with E-state index in [-0.39, 0.29) is 22.9 Å². The van der Waals surface area contributed by atoms with E-state index < -0.39 is 18.2 Å². The molecule has 4 atom stereocenters. The lowest BCUT2D eigenvalue weighted by Crippen LogP contribution is -2.41. The lowest BCUT2D eigenvalue weighted by atomic mass is 9.62. The normalized spacial score (nSPS) is 37.9. The van der Waals surface area contributed by atoms with Crippen molar-refractivity contribution in [3.8, 4) is 0 Å². The first-order valence-corrected chi connectivity index (χ1v) is 8.88. The van der Waals surface area contributed by atoms with E-state index in [9.17, 15) is 23.4 Å². The zero-order chi connectivity index (χ0) is 17.8. The van der Waals surface area contributed by atoms with Gasteiger partial charge >= 0.3 is 6.18 Å².